The first-order valence-electron chi connectivity index (χ1n) is 2.40. The van der Waals surface area contributed by atoms with E-state index in [4.69, 9.17) is 9.47 Å². The number of hydrogen-bond donors (Lipinski definition) is 0. The number of hydrogen-bond acceptors (Lipinski definition) is 2. The summed E-state index contributed by atoms with van der Waals surface area (Å²) in [6, 6.07) is 0. The lowest BCUT2D eigenvalue weighted by molar-refractivity contribution is 0.130. The summed E-state index contributed by atoms with van der Waals surface area (Å²) < 4.78 is 9.86. The lowest BCUT2D eigenvalue weighted by Gasteiger charge is -1.98. The predicted molar refractivity (Wildman–Crippen MR) is 26.2 cm³/mol. The fourth-order valence-electron chi connectivity index (χ4n) is 0.512. The molecule has 0 aliphatic carbocycles. The Bertz CT molecular complexity index is 66.5. The van der Waals surface area contributed by atoms with Crippen molar-refractivity contribution in [3.8, 4) is 0 Å². The molecule has 0 saturated carbocycles. The largest absolute Gasteiger partial charge is 0.382 e. The van der Waals surface area contributed by atoms with Crippen molar-refractivity contribution in [2.24, 2.45) is 0 Å². The van der Waals surface area contributed by atoms with Crippen LogP contribution in [0.3, 0.4) is 0 Å². The van der Waals surface area contributed by atoms with E-state index in [-0.39, 0.29) is 5.60 Å². The first-order valence-corrected chi connectivity index (χ1v) is 2.40. The first kappa shape index (κ1) is 5.06. The van der Waals surface area contributed by atoms with Crippen molar-refractivity contribution in [1.29, 1.82) is 0 Å². The van der Waals surface area contributed by atoms with Crippen molar-refractivity contribution in [1.82, 2.24) is 0 Å². The molecule has 0 aromatic rings. The summed E-state index contributed by atoms with van der Waals surface area (Å²) in [7, 11) is 1.69. The van der Waals surface area contributed by atoms with Crippen LogP contribution in [0.1, 0.15) is 6.92 Å². The Morgan fingerprint density at radius 2 is 2.43 bits per heavy atom. The van der Waals surface area contributed by atoms with Crippen molar-refractivity contribution >= 4 is 0 Å². The van der Waals surface area contributed by atoms with E-state index in [0.29, 0.717) is 0 Å². The molecule has 1 rings (SSSR count). The van der Waals surface area contributed by atoms with E-state index < -0.39 is 0 Å². The van der Waals surface area contributed by atoms with Gasteiger partial charge in [0.15, 0.2) is 0 Å². The summed E-state index contributed by atoms with van der Waals surface area (Å²) in [5.41, 5.74) is 0.0781. The topological polar surface area (TPSA) is 21.8 Å². The quantitative estimate of drug-likeness (QED) is 0.471. The molecule has 42 valence electrons. The molecule has 0 radical (unpaired) electrons. The van der Waals surface area contributed by atoms with Crippen LogP contribution in [0, 0.1) is 0 Å². The molecule has 1 fully saturated rings. The molecule has 1 atom stereocenters. The summed E-state index contributed by atoms with van der Waals surface area (Å²) in [6.07, 6.45) is 0. The molecule has 0 amide bonds. The van der Waals surface area contributed by atoms with Crippen LogP contribution in [0.2, 0.25) is 0 Å². The third-order valence-corrected chi connectivity index (χ3v) is 1.09. The van der Waals surface area contributed by atoms with Crippen molar-refractivity contribution in [3.05, 3.63) is 0 Å². The highest BCUT2D eigenvalue weighted by atomic mass is 16.6. The van der Waals surface area contributed by atoms with E-state index >= 15 is 0 Å². The minimum atomic E-state index is 0.0781. The molecule has 0 aromatic carbocycles. The zero-order valence-corrected chi connectivity index (χ0v) is 4.73. The van der Waals surface area contributed by atoms with Crippen molar-refractivity contribution in [2.45, 2.75) is 12.5 Å². The number of methoxy groups -OCH3 is 1. The summed E-state index contributed by atoms with van der Waals surface area (Å²) in [4.78, 5) is 0. The molecule has 1 heterocycles. The molecule has 2 nitrogen and oxygen atoms in total. The van der Waals surface area contributed by atoms with Crippen LogP contribution < -0.4 is 0 Å². The molecule has 0 aromatic heterocycles. The van der Waals surface area contributed by atoms with E-state index in [1.165, 1.54) is 0 Å². The molecule has 0 bridgehead atoms. The number of ether oxygens (including phenoxy) is 2. The normalized spacial score (nSPS) is 38.6. The van der Waals surface area contributed by atoms with Crippen molar-refractivity contribution in [3.63, 3.8) is 0 Å². The van der Waals surface area contributed by atoms with Gasteiger partial charge in [0.25, 0.3) is 0 Å². The smallest absolute Gasteiger partial charge is 0.112 e. The van der Waals surface area contributed by atoms with Crippen molar-refractivity contribution in [2.75, 3.05) is 20.3 Å². The molecule has 1 aliphatic rings. The second-order valence-corrected chi connectivity index (χ2v) is 2.17. The highest BCUT2D eigenvalue weighted by Crippen LogP contribution is 2.25. The Morgan fingerprint density at radius 1 is 1.86 bits per heavy atom. The first-order chi connectivity index (χ1) is 3.27. The molecule has 0 N–H and O–H groups in total. The van der Waals surface area contributed by atoms with Crippen LogP contribution >= 0.6 is 0 Å². The molecular formula is C5H10O2. The van der Waals surface area contributed by atoms with Crippen LogP contribution in [0.4, 0.5) is 0 Å². The van der Waals surface area contributed by atoms with Gasteiger partial charge in [-0.15, -0.1) is 0 Å². The average Bonchev–Trinajstić information content (AvgIpc) is 2.22. The highest BCUT2D eigenvalue weighted by molar-refractivity contribution is 4.85. The average molecular weight is 102 g/mol. The molecule has 1 unspecified atom stereocenters. The number of rotatable bonds is 2. The van der Waals surface area contributed by atoms with E-state index in [1.54, 1.807) is 7.11 Å². The summed E-state index contributed by atoms with van der Waals surface area (Å²) >= 11 is 0. The Labute approximate surface area is 43.4 Å². The standard InChI is InChI=1S/C5H10O2/c1-5(3-6-2)4-7-5/h3-4H2,1-2H3. The van der Waals surface area contributed by atoms with E-state index in [0.717, 1.165) is 13.2 Å². The van der Waals surface area contributed by atoms with Crippen LogP contribution in [-0.4, -0.2) is 25.9 Å². The van der Waals surface area contributed by atoms with Crippen LogP contribution in [0.25, 0.3) is 0 Å². The third-order valence-electron chi connectivity index (χ3n) is 1.09. The van der Waals surface area contributed by atoms with Gasteiger partial charge in [0.2, 0.25) is 0 Å². The maximum absolute atomic E-state index is 5.01. The van der Waals surface area contributed by atoms with Crippen LogP contribution in [-0.2, 0) is 9.47 Å². The molecule has 7 heavy (non-hydrogen) atoms. The molecule has 0 spiro atoms. The van der Waals surface area contributed by atoms with Crippen molar-refractivity contribution < 1.29 is 9.47 Å². The lowest BCUT2D eigenvalue weighted by atomic mass is 10.2. The van der Waals surface area contributed by atoms with E-state index in [1.807, 2.05) is 6.92 Å². The lowest BCUT2D eigenvalue weighted by Crippen LogP contribution is -2.11. The molecular weight excluding hydrogens is 92.1 g/mol. The fourth-order valence-corrected chi connectivity index (χ4v) is 0.512. The van der Waals surface area contributed by atoms with Gasteiger partial charge in [-0.3, -0.25) is 0 Å². The fraction of sp³-hybridized carbons (Fsp3) is 1.00. The van der Waals surface area contributed by atoms with E-state index in [2.05, 4.69) is 0 Å². The predicted octanol–water partition coefficient (Wildman–Crippen LogP) is 0.422. The second-order valence-electron chi connectivity index (χ2n) is 2.17. The minimum absolute atomic E-state index is 0.0781. The number of epoxide rings is 1. The molecule has 1 saturated heterocycles. The van der Waals surface area contributed by atoms with E-state index in [9.17, 15) is 0 Å². The van der Waals surface area contributed by atoms with Gasteiger partial charge in [-0.05, 0) is 6.92 Å². The van der Waals surface area contributed by atoms with Crippen LogP contribution in [0.5, 0.6) is 0 Å². The van der Waals surface area contributed by atoms with Gasteiger partial charge in [0, 0.05) is 7.11 Å². The zero-order chi connectivity index (χ0) is 5.33. The van der Waals surface area contributed by atoms with Gasteiger partial charge in [-0.1, -0.05) is 0 Å². The monoisotopic (exact) mass is 102 g/mol. The Kier molecular flexibility index (Phi) is 1.05. The summed E-state index contributed by atoms with van der Waals surface area (Å²) in [5.74, 6) is 0. The van der Waals surface area contributed by atoms with Gasteiger partial charge >= 0.3 is 0 Å². The SMILES string of the molecule is COCC1(C)CO1. The maximum Gasteiger partial charge on any atom is 0.112 e. The summed E-state index contributed by atoms with van der Waals surface area (Å²) in [6.45, 7) is 3.63. The Balaban J connectivity index is 2.13. The van der Waals surface area contributed by atoms with Gasteiger partial charge < -0.3 is 9.47 Å². The Hall–Kier alpha value is -0.0800. The highest BCUT2D eigenvalue weighted by Gasteiger charge is 2.38. The van der Waals surface area contributed by atoms with Crippen LogP contribution in [0.15, 0.2) is 0 Å². The summed E-state index contributed by atoms with van der Waals surface area (Å²) in [5, 5.41) is 0. The molecule has 2 heteroatoms. The second kappa shape index (κ2) is 1.46. The van der Waals surface area contributed by atoms with Gasteiger partial charge in [0.1, 0.15) is 5.60 Å². The minimum Gasteiger partial charge on any atom is -0.382 e. The Morgan fingerprint density at radius 3 is 2.57 bits per heavy atom. The van der Waals surface area contributed by atoms with Gasteiger partial charge in [-0.2, -0.15) is 0 Å². The van der Waals surface area contributed by atoms with Gasteiger partial charge in [0.05, 0.1) is 13.2 Å². The third kappa shape index (κ3) is 1.14. The zero-order valence-electron chi connectivity index (χ0n) is 4.73. The molecule has 1 aliphatic heterocycles. The maximum atomic E-state index is 5.01. The van der Waals surface area contributed by atoms with Gasteiger partial charge in [-0.25, -0.2) is 0 Å².